The standard InChI is InChI=1S/C43H49Cl2N7O3S/c1-52-38(23-29-25-48-35-15-6-4-13-32(29)35)42(54)50-26-30-21-28(31-12-3-5-14-33(31)44)22-34(45)40(30)56-39-18-7-2-11-27(39)24-49-36(17-10-20-47)41(53)51-37(43(52)55)16-8-9-19-46/h2-7,11-15,18,21-22,25,36-38,48-49H,8-10,16-17,19-20,23-24,26,46-47H2,1H3,(H,50,54)(H,51,53)/t36-,37-,38-/m0/s1. The molecule has 294 valence electrons. The molecule has 56 heavy (non-hydrogen) atoms. The van der Waals surface area contributed by atoms with E-state index in [2.05, 4.69) is 20.9 Å². The zero-order chi connectivity index (χ0) is 39.6. The second-order valence-corrected chi connectivity index (χ2v) is 16.0. The molecule has 5 aromatic rings. The van der Waals surface area contributed by atoms with Crippen molar-refractivity contribution in [2.75, 3.05) is 20.1 Å². The van der Waals surface area contributed by atoms with Crippen LogP contribution in [-0.2, 0) is 33.9 Å². The third kappa shape index (κ3) is 9.95. The first-order chi connectivity index (χ1) is 27.2. The average molecular weight is 815 g/mol. The quantitative estimate of drug-likeness (QED) is 0.0847. The van der Waals surface area contributed by atoms with E-state index in [1.54, 1.807) is 7.05 Å². The minimum atomic E-state index is -0.920. The fourth-order valence-electron chi connectivity index (χ4n) is 7.12. The van der Waals surface area contributed by atoms with E-state index in [0.29, 0.717) is 61.8 Å². The molecule has 3 amide bonds. The highest BCUT2D eigenvalue weighted by molar-refractivity contribution is 7.99. The van der Waals surface area contributed by atoms with E-state index in [4.69, 9.17) is 34.7 Å². The SMILES string of the molecule is CN1C(=O)[C@H](CCCCN)NC(=O)[C@H](CCCN)NCc2ccccc2Sc2c(Cl)cc(-c3ccccc3Cl)cc2CNC(=O)[C@@H]1Cc1c[nH]c2ccccc12. The number of aromatic nitrogens is 1. The van der Waals surface area contributed by atoms with Crippen LogP contribution < -0.4 is 27.4 Å². The number of nitrogens with one attached hydrogen (secondary N) is 4. The van der Waals surface area contributed by atoms with Gasteiger partial charge in [-0.1, -0.05) is 89.6 Å². The molecule has 13 heteroatoms. The Labute approximate surface area is 342 Å². The third-order valence-electron chi connectivity index (χ3n) is 10.3. The summed E-state index contributed by atoms with van der Waals surface area (Å²) in [7, 11) is 1.63. The van der Waals surface area contributed by atoms with Crippen molar-refractivity contribution in [2.45, 2.75) is 79.5 Å². The third-order valence-corrected chi connectivity index (χ3v) is 12.3. The van der Waals surface area contributed by atoms with Crippen molar-refractivity contribution in [3.05, 3.63) is 118 Å². The summed E-state index contributed by atoms with van der Waals surface area (Å²) in [6, 6.07) is 24.8. The molecule has 0 unspecified atom stereocenters. The molecule has 0 aliphatic carbocycles. The summed E-state index contributed by atoms with van der Waals surface area (Å²) in [6.07, 6.45) is 4.87. The van der Waals surface area contributed by atoms with Crippen LogP contribution in [0.5, 0.6) is 0 Å². The predicted molar refractivity (Wildman–Crippen MR) is 227 cm³/mol. The maximum absolute atomic E-state index is 14.6. The van der Waals surface area contributed by atoms with Crippen LogP contribution in [0.1, 0.15) is 48.8 Å². The Hall–Kier alpha value is -4.36. The summed E-state index contributed by atoms with van der Waals surface area (Å²) in [4.78, 5) is 49.7. The maximum Gasteiger partial charge on any atom is 0.245 e. The van der Waals surface area contributed by atoms with Crippen molar-refractivity contribution in [1.29, 1.82) is 0 Å². The lowest BCUT2D eigenvalue weighted by atomic mass is 10.0. The molecular formula is C43H49Cl2N7O3S. The summed E-state index contributed by atoms with van der Waals surface area (Å²) < 4.78 is 0. The Bertz CT molecular complexity index is 2160. The number of carbonyl (C=O) groups excluding carboxylic acids is 3. The number of unbranched alkanes of at least 4 members (excludes halogenated alkanes) is 1. The zero-order valence-corrected chi connectivity index (χ0v) is 33.8. The number of hydrogen-bond acceptors (Lipinski definition) is 7. The van der Waals surface area contributed by atoms with E-state index < -0.39 is 18.1 Å². The van der Waals surface area contributed by atoms with E-state index >= 15 is 0 Å². The number of likely N-dealkylation sites (N-methyl/N-ethyl adjacent to an activating group) is 1. The smallest absolute Gasteiger partial charge is 0.245 e. The molecule has 2 heterocycles. The normalized spacial score (nSPS) is 18.6. The number of para-hydroxylation sites is 1. The molecule has 0 bridgehead atoms. The molecule has 1 aromatic heterocycles. The van der Waals surface area contributed by atoms with Gasteiger partial charge in [-0.05, 0) is 97.8 Å². The van der Waals surface area contributed by atoms with Crippen LogP contribution in [0.2, 0.25) is 10.0 Å². The van der Waals surface area contributed by atoms with E-state index in [0.717, 1.165) is 48.5 Å². The first kappa shape index (κ1) is 41.3. The Morgan fingerprint density at radius 2 is 1.52 bits per heavy atom. The molecule has 0 saturated carbocycles. The van der Waals surface area contributed by atoms with Crippen LogP contribution in [0, 0.1) is 0 Å². The fourth-order valence-corrected chi connectivity index (χ4v) is 8.78. The first-order valence-corrected chi connectivity index (χ1v) is 20.6. The fraction of sp³-hybridized carbons (Fsp3) is 0.326. The number of carbonyl (C=O) groups is 3. The molecule has 3 atom stereocenters. The van der Waals surface area contributed by atoms with Gasteiger partial charge in [0.15, 0.2) is 0 Å². The Morgan fingerprint density at radius 1 is 0.786 bits per heavy atom. The molecule has 8 N–H and O–H groups in total. The van der Waals surface area contributed by atoms with E-state index in [-0.39, 0.29) is 30.7 Å². The number of aromatic amines is 1. The minimum absolute atomic E-state index is 0.129. The number of fused-ring (bicyclic) bond motifs is 3. The molecule has 4 aromatic carbocycles. The number of halogens is 2. The summed E-state index contributed by atoms with van der Waals surface area (Å²) in [5.74, 6) is -1.01. The molecule has 1 aliphatic heterocycles. The molecule has 1 aliphatic rings. The van der Waals surface area contributed by atoms with Crippen molar-refractivity contribution >= 4 is 63.6 Å². The second-order valence-electron chi connectivity index (χ2n) is 14.1. The highest BCUT2D eigenvalue weighted by Crippen LogP contribution is 2.41. The van der Waals surface area contributed by atoms with Gasteiger partial charge in [0.05, 0.1) is 11.1 Å². The lowest BCUT2D eigenvalue weighted by Gasteiger charge is -2.32. The van der Waals surface area contributed by atoms with Crippen LogP contribution in [0.4, 0.5) is 0 Å². The molecule has 6 rings (SSSR count). The van der Waals surface area contributed by atoms with Crippen molar-refractivity contribution in [2.24, 2.45) is 11.5 Å². The van der Waals surface area contributed by atoms with Gasteiger partial charge in [0.25, 0.3) is 0 Å². The minimum Gasteiger partial charge on any atom is -0.361 e. The van der Waals surface area contributed by atoms with Gasteiger partial charge in [-0.3, -0.25) is 14.4 Å². The van der Waals surface area contributed by atoms with Gasteiger partial charge < -0.3 is 37.3 Å². The Morgan fingerprint density at radius 3 is 2.32 bits per heavy atom. The maximum atomic E-state index is 14.6. The van der Waals surface area contributed by atoms with Crippen molar-refractivity contribution in [3.8, 4) is 11.1 Å². The lowest BCUT2D eigenvalue weighted by molar-refractivity contribution is -0.142. The molecule has 10 nitrogen and oxygen atoms in total. The van der Waals surface area contributed by atoms with Crippen LogP contribution in [0.15, 0.2) is 101 Å². The summed E-state index contributed by atoms with van der Waals surface area (Å²) in [5.41, 5.74) is 16.9. The topological polar surface area (TPSA) is 158 Å². The molecule has 0 spiro atoms. The Kier molecular flexibility index (Phi) is 14.5. The van der Waals surface area contributed by atoms with Crippen LogP contribution in [0.3, 0.4) is 0 Å². The number of rotatable bonds is 10. The van der Waals surface area contributed by atoms with Crippen LogP contribution in [0.25, 0.3) is 22.0 Å². The van der Waals surface area contributed by atoms with E-state index in [9.17, 15) is 14.4 Å². The van der Waals surface area contributed by atoms with Gasteiger partial charge in [0.1, 0.15) is 12.1 Å². The first-order valence-electron chi connectivity index (χ1n) is 19.0. The van der Waals surface area contributed by atoms with Gasteiger partial charge in [0, 0.05) is 64.0 Å². The highest BCUT2D eigenvalue weighted by atomic mass is 35.5. The largest absolute Gasteiger partial charge is 0.361 e. The average Bonchev–Trinajstić information content (AvgIpc) is 3.62. The number of nitrogens with zero attached hydrogens (tertiary/aromatic N) is 1. The molecule has 0 fully saturated rings. The monoisotopic (exact) mass is 813 g/mol. The van der Waals surface area contributed by atoms with Gasteiger partial charge in [0.2, 0.25) is 17.7 Å². The van der Waals surface area contributed by atoms with Gasteiger partial charge >= 0.3 is 0 Å². The summed E-state index contributed by atoms with van der Waals surface area (Å²) in [6.45, 7) is 1.38. The van der Waals surface area contributed by atoms with Crippen molar-refractivity contribution < 1.29 is 14.4 Å². The number of amides is 3. The summed E-state index contributed by atoms with van der Waals surface area (Å²) in [5, 5.41) is 11.7. The second kappa shape index (κ2) is 19.7. The Balaban J connectivity index is 1.45. The van der Waals surface area contributed by atoms with Crippen LogP contribution >= 0.6 is 35.0 Å². The predicted octanol–water partition coefficient (Wildman–Crippen LogP) is 6.80. The van der Waals surface area contributed by atoms with E-state index in [1.807, 2.05) is 91.1 Å². The number of nitrogens with two attached hydrogens (primary N) is 2. The highest BCUT2D eigenvalue weighted by Gasteiger charge is 2.34. The number of hydrogen-bond donors (Lipinski definition) is 6. The molecule has 0 saturated heterocycles. The van der Waals surface area contributed by atoms with Gasteiger partial charge in [-0.15, -0.1) is 0 Å². The van der Waals surface area contributed by atoms with Crippen molar-refractivity contribution in [1.82, 2.24) is 25.8 Å². The van der Waals surface area contributed by atoms with Crippen molar-refractivity contribution in [3.63, 3.8) is 0 Å². The lowest BCUT2D eigenvalue weighted by Crippen LogP contribution is -2.57. The van der Waals surface area contributed by atoms with Gasteiger partial charge in [-0.2, -0.15) is 0 Å². The summed E-state index contributed by atoms with van der Waals surface area (Å²) >= 11 is 15.3. The van der Waals surface area contributed by atoms with E-state index in [1.165, 1.54) is 16.7 Å². The molecule has 0 radical (unpaired) electrons. The van der Waals surface area contributed by atoms with Crippen LogP contribution in [-0.4, -0.2) is 65.9 Å². The molecular weight excluding hydrogens is 765 g/mol. The zero-order valence-electron chi connectivity index (χ0n) is 31.5. The van der Waals surface area contributed by atoms with Gasteiger partial charge in [-0.25, -0.2) is 0 Å². The number of benzene rings is 4. The number of H-pyrrole nitrogens is 1.